The zero-order valence-electron chi connectivity index (χ0n) is 10.6. The van der Waals surface area contributed by atoms with E-state index < -0.39 is 0 Å². The number of pyridine rings is 1. The van der Waals surface area contributed by atoms with E-state index in [9.17, 15) is 0 Å². The van der Waals surface area contributed by atoms with Crippen LogP contribution in [0.1, 0.15) is 6.92 Å². The van der Waals surface area contributed by atoms with Crippen LogP contribution in [0.25, 0.3) is 20.4 Å². The zero-order valence-corrected chi connectivity index (χ0v) is 11.4. The molecule has 1 N–H and O–H groups in total. The van der Waals surface area contributed by atoms with Gasteiger partial charge in [-0.15, -0.1) is 11.3 Å². The lowest BCUT2D eigenvalue weighted by Crippen LogP contribution is -2.27. The average molecular weight is 274 g/mol. The van der Waals surface area contributed by atoms with Crippen molar-refractivity contribution in [1.29, 1.82) is 0 Å². The Kier molecular flexibility index (Phi) is 3.27. The van der Waals surface area contributed by atoms with Gasteiger partial charge in [0.05, 0.1) is 16.8 Å². The molecule has 0 saturated carbocycles. The molecular formula is C13H14N4OS. The molecule has 0 bridgehead atoms. The molecule has 0 radical (unpaired) electrons. The second-order valence-corrected chi connectivity index (χ2v) is 5.14. The maximum Gasteiger partial charge on any atom is 0.150 e. The number of likely N-dealkylation sites (N-methyl/N-ethyl adjacent to an activating group) is 1. The van der Waals surface area contributed by atoms with Crippen molar-refractivity contribution in [3.8, 4) is 0 Å². The molecule has 5 nitrogen and oxygen atoms in total. The molecular weight excluding hydrogens is 260 g/mol. The molecule has 6 heteroatoms. The highest BCUT2D eigenvalue weighted by molar-refractivity contribution is 7.25. The quantitative estimate of drug-likeness (QED) is 0.789. The highest BCUT2D eigenvalue weighted by Gasteiger charge is 2.15. The Balaban J connectivity index is 2.25. The summed E-state index contributed by atoms with van der Waals surface area (Å²) in [5.41, 5.74) is 0.939. The summed E-state index contributed by atoms with van der Waals surface area (Å²) in [7, 11) is 0. The van der Waals surface area contributed by atoms with Crippen molar-refractivity contribution in [2.75, 3.05) is 24.6 Å². The lowest BCUT2D eigenvalue weighted by atomic mass is 10.3. The first-order valence-corrected chi connectivity index (χ1v) is 7.00. The Morgan fingerprint density at radius 2 is 2.21 bits per heavy atom. The molecule has 0 fully saturated rings. The molecule has 98 valence electrons. The minimum absolute atomic E-state index is 0.114. The van der Waals surface area contributed by atoms with Gasteiger partial charge in [0.2, 0.25) is 0 Å². The normalized spacial score (nSPS) is 11.3. The third-order valence-corrected chi connectivity index (χ3v) is 4.16. The molecule has 0 aliphatic carbocycles. The molecule has 0 amide bonds. The van der Waals surface area contributed by atoms with Crippen LogP contribution in [-0.2, 0) is 0 Å². The van der Waals surface area contributed by atoms with Crippen molar-refractivity contribution in [3.63, 3.8) is 0 Å². The lowest BCUT2D eigenvalue weighted by molar-refractivity contribution is 0.302. The van der Waals surface area contributed by atoms with Crippen LogP contribution in [0.2, 0.25) is 0 Å². The highest BCUT2D eigenvalue weighted by Crippen LogP contribution is 2.35. The molecule has 0 aromatic carbocycles. The minimum atomic E-state index is 0.114. The molecule has 3 aromatic rings. The summed E-state index contributed by atoms with van der Waals surface area (Å²) in [4.78, 5) is 16.2. The lowest BCUT2D eigenvalue weighted by Gasteiger charge is -2.20. The Hall–Kier alpha value is -1.79. The van der Waals surface area contributed by atoms with Gasteiger partial charge in [0.15, 0.2) is 0 Å². The van der Waals surface area contributed by atoms with E-state index in [1.807, 2.05) is 12.1 Å². The van der Waals surface area contributed by atoms with E-state index >= 15 is 0 Å². The van der Waals surface area contributed by atoms with Crippen molar-refractivity contribution in [2.45, 2.75) is 6.92 Å². The van der Waals surface area contributed by atoms with E-state index in [0.717, 1.165) is 32.8 Å². The predicted molar refractivity (Wildman–Crippen MR) is 77.7 cm³/mol. The Morgan fingerprint density at radius 3 is 3.00 bits per heavy atom. The topological polar surface area (TPSA) is 62.1 Å². The molecule has 3 rings (SSSR count). The summed E-state index contributed by atoms with van der Waals surface area (Å²) in [6.45, 7) is 3.54. The number of aromatic nitrogens is 3. The molecule has 3 heterocycles. The van der Waals surface area contributed by atoms with Gasteiger partial charge < -0.3 is 10.0 Å². The standard InChI is InChI=1S/C13H14N4OS/c1-2-17(6-7-18)12-11-10(15-8-16-12)9-4-3-5-14-13(9)19-11/h3-5,8,18H,2,6-7H2,1H3. The van der Waals surface area contributed by atoms with Crippen LogP contribution in [0.4, 0.5) is 5.82 Å². The first-order valence-electron chi connectivity index (χ1n) is 6.19. The minimum Gasteiger partial charge on any atom is -0.395 e. The average Bonchev–Trinajstić information content (AvgIpc) is 2.83. The molecule has 0 aliphatic rings. The number of anilines is 1. The van der Waals surface area contributed by atoms with Gasteiger partial charge in [-0.3, -0.25) is 0 Å². The Morgan fingerprint density at radius 1 is 1.32 bits per heavy atom. The summed E-state index contributed by atoms with van der Waals surface area (Å²) in [5.74, 6) is 0.879. The van der Waals surface area contributed by atoms with Crippen molar-refractivity contribution in [1.82, 2.24) is 15.0 Å². The Bertz CT molecular complexity index is 712. The number of nitrogens with zero attached hydrogens (tertiary/aromatic N) is 4. The van der Waals surface area contributed by atoms with E-state index in [1.54, 1.807) is 23.9 Å². The number of rotatable bonds is 4. The van der Waals surface area contributed by atoms with Gasteiger partial charge in [-0.2, -0.15) is 0 Å². The maximum absolute atomic E-state index is 9.15. The maximum atomic E-state index is 9.15. The summed E-state index contributed by atoms with van der Waals surface area (Å²) >= 11 is 1.60. The first kappa shape index (κ1) is 12.3. The van der Waals surface area contributed by atoms with Crippen LogP contribution >= 0.6 is 11.3 Å². The predicted octanol–water partition coefficient (Wildman–Crippen LogP) is 2.06. The van der Waals surface area contributed by atoms with Crippen LogP contribution in [0.5, 0.6) is 0 Å². The number of hydrogen-bond donors (Lipinski definition) is 1. The van der Waals surface area contributed by atoms with Crippen LogP contribution < -0.4 is 4.90 Å². The number of thiophene rings is 1. The molecule has 0 aliphatic heterocycles. The number of fused-ring (bicyclic) bond motifs is 3. The van der Waals surface area contributed by atoms with E-state index in [-0.39, 0.29) is 6.61 Å². The molecule has 0 spiro atoms. The van der Waals surface area contributed by atoms with Gasteiger partial charge in [-0.25, -0.2) is 15.0 Å². The van der Waals surface area contributed by atoms with Crippen molar-refractivity contribution >= 4 is 37.6 Å². The van der Waals surface area contributed by atoms with Crippen LogP contribution in [0.15, 0.2) is 24.7 Å². The second-order valence-electron chi connectivity index (χ2n) is 4.14. The van der Waals surface area contributed by atoms with Crippen molar-refractivity contribution in [3.05, 3.63) is 24.7 Å². The zero-order chi connectivity index (χ0) is 13.2. The van der Waals surface area contributed by atoms with Crippen LogP contribution in [-0.4, -0.2) is 39.8 Å². The smallest absolute Gasteiger partial charge is 0.150 e. The fourth-order valence-corrected chi connectivity index (χ4v) is 3.27. The molecule has 0 saturated heterocycles. The van der Waals surface area contributed by atoms with Crippen LogP contribution in [0.3, 0.4) is 0 Å². The third kappa shape index (κ3) is 2.02. The first-order chi connectivity index (χ1) is 9.35. The van der Waals surface area contributed by atoms with Gasteiger partial charge in [0, 0.05) is 24.7 Å². The van der Waals surface area contributed by atoms with E-state index in [2.05, 4.69) is 26.8 Å². The summed E-state index contributed by atoms with van der Waals surface area (Å²) in [6.07, 6.45) is 3.37. The molecule has 0 atom stereocenters. The summed E-state index contributed by atoms with van der Waals surface area (Å²) in [5, 5.41) is 10.2. The molecule has 3 aromatic heterocycles. The summed E-state index contributed by atoms with van der Waals surface area (Å²) < 4.78 is 1.03. The fourth-order valence-electron chi connectivity index (χ4n) is 2.16. The van der Waals surface area contributed by atoms with Gasteiger partial charge in [0.25, 0.3) is 0 Å². The molecule has 19 heavy (non-hydrogen) atoms. The Labute approximate surface area is 114 Å². The fraction of sp³-hybridized carbons (Fsp3) is 0.308. The SMILES string of the molecule is CCN(CCO)c1ncnc2c1sc1ncccc12. The molecule has 0 unspecified atom stereocenters. The van der Waals surface area contributed by atoms with Crippen molar-refractivity contribution < 1.29 is 5.11 Å². The van der Waals surface area contributed by atoms with Crippen molar-refractivity contribution in [2.24, 2.45) is 0 Å². The van der Waals surface area contributed by atoms with Gasteiger partial charge in [-0.05, 0) is 19.1 Å². The van der Waals surface area contributed by atoms with E-state index in [4.69, 9.17) is 5.11 Å². The highest BCUT2D eigenvalue weighted by atomic mass is 32.1. The monoisotopic (exact) mass is 274 g/mol. The summed E-state index contributed by atoms with van der Waals surface area (Å²) in [6, 6.07) is 3.95. The number of aliphatic hydroxyl groups excluding tert-OH is 1. The van der Waals surface area contributed by atoms with E-state index in [0.29, 0.717) is 6.54 Å². The largest absolute Gasteiger partial charge is 0.395 e. The van der Waals surface area contributed by atoms with Gasteiger partial charge in [0.1, 0.15) is 17.0 Å². The van der Waals surface area contributed by atoms with Gasteiger partial charge in [-0.1, -0.05) is 0 Å². The second kappa shape index (κ2) is 5.07. The van der Waals surface area contributed by atoms with E-state index in [1.165, 1.54) is 0 Å². The van der Waals surface area contributed by atoms with Crippen LogP contribution in [0, 0.1) is 0 Å². The van der Waals surface area contributed by atoms with Gasteiger partial charge >= 0.3 is 0 Å². The number of aliphatic hydroxyl groups is 1. The number of hydrogen-bond acceptors (Lipinski definition) is 6. The third-order valence-electron chi connectivity index (χ3n) is 3.06.